The minimum atomic E-state index is -1.04. The number of benzene rings is 2. The van der Waals surface area contributed by atoms with Crippen molar-refractivity contribution in [1.82, 2.24) is 4.98 Å². The second-order valence-electron chi connectivity index (χ2n) is 7.46. The monoisotopic (exact) mass is 461 g/mol. The minimum Gasteiger partial charge on any atom is -0.503 e. The summed E-state index contributed by atoms with van der Waals surface area (Å²) < 4.78 is 6.04. The van der Waals surface area contributed by atoms with Gasteiger partial charge in [0.2, 0.25) is 5.78 Å². The SMILES string of the molecule is Cc1ccc2nc(N3C(=O)C(O)=C(C(=O)c4ccco4)[C@H]3c3ccc([N+](=O)[O-])cc3)sc2c1. The van der Waals surface area contributed by atoms with Crippen LogP contribution in [0.3, 0.4) is 0 Å². The topological polar surface area (TPSA) is 127 Å². The van der Waals surface area contributed by atoms with Crippen LogP contribution in [0.5, 0.6) is 0 Å². The van der Waals surface area contributed by atoms with E-state index in [9.17, 15) is 24.8 Å². The number of carbonyl (C=O) groups excluding carboxylic acids is 2. The lowest BCUT2D eigenvalue weighted by Crippen LogP contribution is -2.30. The van der Waals surface area contributed by atoms with Crippen molar-refractivity contribution in [3.63, 3.8) is 0 Å². The Morgan fingerprint density at radius 2 is 1.97 bits per heavy atom. The molecule has 33 heavy (non-hydrogen) atoms. The molecule has 0 aliphatic carbocycles. The van der Waals surface area contributed by atoms with Crippen LogP contribution >= 0.6 is 11.3 Å². The molecule has 10 heteroatoms. The highest BCUT2D eigenvalue weighted by molar-refractivity contribution is 7.22. The minimum absolute atomic E-state index is 0.0435. The molecule has 5 rings (SSSR count). The Balaban J connectivity index is 1.67. The molecule has 2 aromatic carbocycles. The number of ketones is 1. The fraction of sp³-hybridized carbons (Fsp3) is 0.0870. The van der Waals surface area contributed by atoms with Crippen LogP contribution in [-0.4, -0.2) is 26.7 Å². The van der Waals surface area contributed by atoms with Gasteiger partial charge in [-0.3, -0.25) is 24.6 Å². The summed E-state index contributed by atoms with van der Waals surface area (Å²) in [6.07, 6.45) is 1.32. The van der Waals surface area contributed by atoms with Crippen molar-refractivity contribution in [2.24, 2.45) is 0 Å². The third-order valence-corrected chi connectivity index (χ3v) is 6.37. The van der Waals surface area contributed by atoms with Gasteiger partial charge in [0.1, 0.15) is 0 Å². The fourth-order valence-electron chi connectivity index (χ4n) is 3.79. The number of aromatic nitrogens is 1. The number of anilines is 1. The summed E-state index contributed by atoms with van der Waals surface area (Å²) in [4.78, 5) is 42.7. The first kappa shape index (κ1) is 20.6. The quantitative estimate of drug-likeness (QED) is 0.255. The van der Waals surface area contributed by atoms with Crippen LogP contribution in [-0.2, 0) is 4.79 Å². The second-order valence-corrected chi connectivity index (χ2v) is 8.47. The van der Waals surface area contributed by atoms with Gasteiger partial charge in [-0.05, 0) is 54.4 Å². The lowest BCUT2D eigenvalue weighted by atomic mass is 9.95. The maximum Gasteiger partial charge on any atom is 0.296 e. The van der Waals surface area contributed by atoms with E-state index in [0.29, 0.717) is 11.1 Å². The number of thiazole rings is 1. The van der Waals surface area contributed by atoms with Crippen molar-refractivity contribution in [2.45, 2.75) is 13.0 Å². The van der Waals surface area contributed by atoms with E-state index in [-0.39, 0.29) is 22.2 Å². The lowest BCUT2D eigenvalue weighted by molar-refractivity contribution is -0.384. The number of aliphatic hydroxyl groups is 1. The second kappa shape index (κ2) is 7.68. The molecule has 1 aliphatic rings. The first-order valence-corrected chi connectivity index (χ1v) is 10.6. The Morgan fingerprint density at radius 1 is 1.21 bits per heavy atom. The highest BCUT2D eigenvalue weighted by atomic mass is 32.1. The summed E-state index contributed by atoms with van der Waals surface area (Å²) in [6, 6.07) is 13.0. The van der Waals surface area contributed by atoms with Gasteiger partial charge in [0.05, 0.1) is 33.0 Å². The summed E-state index contributed by atoms with van der Waals surface area (Å²) in [5.74, 6) is -2.20. The predicted molar refractivity (Wildman–Crippen MR) is 120 cm³/mol. The van der Waals surface area contributed by atoms with Gasteiger partial charge in [-0.2, -0.15) is 0 Å². The summed E-state index contributed by atoms with van der Waals surface area (Å²) in [5.41, 5.74) is 1.77. The Hall–Kier alpha value is -4.31. The highest BCUT2D eigenvalue weighted by Crippen LogP contribution is 2.44. The number of aryl methyl sites for hydroxylation is 1. The fourth-order valence-corrected chi connectivity index (χ4v) is 4.88. The third-order valence-electron chi connectivity index (χ3n) is 5.36. The van der Waals surface area contributed by atoms with E-state index in [1.807, 2.05) is 25.1 Å². The van der Waals surface area contributed by atoms with E-state index in [0.717, 1.165) is 10.3 Å². The van der Waals surface area contributed by atoms with Crippen LogP contribution < -0.4 is 4.90 Å². The number of hydrogen-bond donors (Lipinski definition) is 1. The average molecular weight is 461 g/mol. The van der Waals surface area contributed by atoms with Crippen LogP contribution in [0.1, 0.15) is 27.7 Å². The van der Waals surface area contributed by atoms with E-state index in [1.165, 1.54) is 58.9 Å². The number of hydrogen-bond acceptors (Lipinski definition) is 8. The third kappa shape index (κ3) is 3.37. The lowest BCUT2D eigenvalue weighted by Gasteiger charge is -2.24. The maximum atomic E-state index is 13.2. The zero-order chi connectivity index (χ0) is 23.3. The molecule has 9 nitrogen and oxygen atoms in total. The predicted octanol–water partition coefficient (Wildman–Crippen LogP) is 4.89. The Morgan fingerprint density at radius 3 is 2.64 bits per heavy atom. The molecule has 164 valence electrons. The standard InChI is InChI=1S/C23H15N3O6S/c1-12-4-9-15-17(11-12)33-23(24-15)25-19(13-5-7-14(8-6-13)26(30)31)18(21(28)22(25)29)20(27)16-3-2-10-32-16/h2-11,19,28H,1H3/t19-/m1/s1. The number of furan rings is 1. The Kier molecular flexibility index (Phi) is 4.79. The van der Waals surface area contributed by atoms with Crippen molar-refractivity contribution in [3.8, 4) is 0 Å². The van der Waals surface area contributed by atoms with Gasteiger partial charge in [0.25, 0.3) is 11.6 Å². The molecule has 0 radical (unpaired) electrons. The maximum absolute atomic E-state index is 13.2. The molecule has 0 fully saturated rings. The van der Waals surface area contributed by atoms with Crippen molar-refractivity contribution in [2.75, 3.05) is 4.90 Å². The van der Waals surface area contributed by atoms with Crippen LogP contribution in [0.4, 0.5) is 10.8 Å². The summed E-state index contributed by atoms with van der Waals surface area (Å²) in [6.45, 7) is 1.94. The molecule has 1 amide bonds. The Labute approximate surface area is 190 Å². The molecule has 1 atom stereocenters. The van der Waals surface area contributed by atoms with Gasteiger partial charge >= 0.3 is 0 Å². The van der Waals surface area contributed by atoms with Crippen LogP contribution in [0.25, 0.3) is 10.2 Å². The summed E-state index contributed by atoms with van der Waals surface area (Å²) >= 11 is 1.25. The van der Waals surface area contributed by atoms with E-state index in [4.69, 9.17) is 4.42 Å². The van der Waals surface area contributed by atoms with E-state index in [2.05, 4.69) is 4.98 Å². The number of nitro groups is 1. The zero-order valence-corrected chi connectivity index (χ0v) is 17.9. The van der Waals surface area contributed by atoms with Gasteiger partial charge in [-0.15, -0.1) is 0 Å². The molecule has 4 aromatic rings. The van der Waals surface area contributed by atoms with Crippen molar-refractivity contribution < 1.29 is 24.0 Å². The first-order valence-electron chi connectivity index (χ1n) is 9.81. The number of carbonyl (C=O) groups is 2. The molecule has 0 bridgehead atoms. The van der Waals surface area contributed by atoms with Gasteiger partial charge in [0, 0.05) is 12.1 Å². The van der Waals surface area contributed by atoms with Crippen LogP contribution in [0.15, 0.2) is 76.6 Å². The molecule has 0 unspecified atom stereocenters. The van der Waals surface area contributed by atoms with Gasteiger partial charge in [-0.1, -0.05) is 17.4 Å². The number of Topliss-reactive ketones (excluding diaryl/α,β-unsaturated/α-hetero) is 1. The zero-order valence-electron chi connectivity index (χ0n) is 17.1. The number of amides is 1. The van der Waals surface area contributed by atoms with Gasteiger partial charge in [-0.25, -0.2) is 4.98 Å². The largest absolute Gasteiger partial charge is 0.503 e. The van der Waals surface area contributed by atoms with Crippen LogP contribution in [0.2, 0.25) is 0 Å². The number of nitro benzene ring substituents is 1. The van der Waals surface area contributed by atoms with Crippen molar-refractivity contribution >= 4 is 44.1 Å². The molecular weight excluding hydrogens is 446 g/mol. The normalized spacial score (nSPS) is 16.1. The smallest absolute Gasteiger partial charge is 0.296 e. The van der Waals surface area contributed by atoms with Crippen LogP contribution in [0, 0.1) is 17.0 Å². The molecular formula is C23H15N3O6S. The number of rotatable bonds is 5. The number of nitrogens with zero attached hydrogens (tertiary/aromatic N) is 3. The number of non-ortho nitro benzene ring substituents is 1. The molecule has 2 aromatic heterocycles. The van der Waals surface area contributed by atoms with E-state index >= 15 is 0 Å². The number of fused-ring (bicyclic) bond motifs is 1. The highest BCUT2D eigenvalue weighted by Gasteiger charge is 2.46. The van der Waals surface area contributed by atoms with E-state index < -0.39 is 28.4 Å². The molecule has 3 heterocycles. The van der Waals surface area contributed by atoms with Crippen molar-refractivity contribution in [1.29, 1.82) is 0 Å². The van der Waals surface area contributed by atoms with Gasteiger partial charge in [0.15, 0.2) is 16.7 Å². The summed E-state index contributed by atoms with van der Waals surface area (Å²) in [7, 11) is 0. The average Bonchev–Trinajstić information content (AvgIpc) is 3.52. The Bertz CT molecular complexity index is 1450. The first-order chi connectivity index (χ1) is 15.8. The molecule has 0 saturated carbocycles. The van der Waals surface area contributed by atoms with Gasteiger partial charge < -0.3 is 9.52 Å². The molecule has 1 aliphatic heterocycles. The van der Waals surface area contributed by atoms with E-state index in [1.54, 1.807) is 0 Å². The van der Waals surface area contributed by atoms with Crippen molar-refractivity contribution in [3.05, 3.63) is 99.2 Å². The molecule has 0 saturated heterocycles. The summed E-state index contributed by atoms with van der Waals surface area (Å²) in [5, 5.41) is 22.1. The molecule has 1 N–H and O–H groups in total. The number of aliphatic hydroxyl groups excluding tert-OH is 1. The molecule has 0 spiro atoms.